The summed E-state index contributed by atoms with van der Waals surface area (Å²) in [6.07, 6.45) is 7.99. The number of benzene rings is 2. The van der Waals surface area contributed by atoms with Crippen molar-refractivity contribution in [3.05, 3.63) is 70.9 Å². The first kappa shape index (κ1) is 30.0. The van der Waals surface area contributed by atoms with E-state index in [-0.39, 0.29) is 0 Å². The van der Waals surface area contributed by atoms with Crippen molar-refractivity contribution in [2.75, 3.05) is 31.7 Å². The second-order valence-corrected chi connectivity index (χ2v) is 12.5. The maximum absolute atomic E-state index is 12.5. The molecule has 2 heterocycles. The van der Waals surface area contributed by atoms with Gasteiger partial charge in [0, 0.05) is 17.0 Å². The number of aryl methyl sites for hydroxylation is 4. The molecule has 0 amide bonds. The van der Waals surface area contributed by atoms with Crippen molar-refractivity contribution in [2.24, 2.45) is 0 Å². The lowest BCUT2D eigenvalue weighted by Crippen LogP contribution is -2.02. The molecule has 4 aromatic rings. The largest absolute Gasteiger partial charge is 0.494 e. The third-order valence-corrected chi connectivity index (χ3v) is 9.28. The lowest BCUT2D eigenvalue weighted by molar-refractivity contribution is 0.219. The first-order valence-corrected chi connectivity index (χ1v) is 16.1. The second-order valence-electron chi connectivity index (χ2n) is 10.3. The van der Waals surface area contributed by atoms with Gasteiger partial charge < -0.3 is 19.5 Å². The first-order chi connectivity index (χ1) is 19.3. The smallest absolute Gasteiger partial charge is 0.330 e. The number of nitrogens with zero attached hydrogens (tertiary/aromatic N) is 2. The number of nitrogens with two attached hydrogens (primary N) is 1. The standard InChI is InChI=1S/C32H42N3O4P/c1-5-38-40(36,39-6-2)18-10-8-7-9-17-37-27-15-14-26(24(4)20-27)13-12-25-21-29-28-16-11-23(3)19-30(28)35-32(33)31(29)34-22-25/h11,14-16,19-22H,5-10,12-13,17-18H2,1-4H3,(H2,33,35). The minimum absolute atomic E-state index is 0.411. The number of anilines is 1. The number of rotatable bonds is 15. The summed E-state index contributed by atoms with van der Waals surface area (Å²) < 4.78 is 29.2. The molecule has 0 aliphatic rings. The van der Waals surface area contributed by atoms with Crippen LogP contribution >= 0.6 is 7.60 Å². The topological polar surface area (TPSA) is 96.6 Å². The number of pyridine rings is 2. The monoisotopic (exact) mass is 563 g/mol. The Bertz CT molecular complexity index is 1480. The number of fused-ring (bicyclic) bond motifs is 3. The molecular weight excluding hydrogens is 521 g/mol. The predicted molar refractivity (Wildman–Crippen MR) is 164 cm³/mol. The van der Waals surface area contributed by atoms with Gasteiger partial charge in [-0.3, -0.25) is 9.55 Å². The molecule has 0 saturated carbocycles. The molecule has 8 heteroatoms. The van der Waals surface area contributed by atoms with Gasteiger partial charge in [0.05, 0.1) is 31.5 Å². The van der Waals surface area contributed by atoms with Crippen molar-refractivity contribution in [3.8, 4) is 5.75 Å². The van der Waals surface area contributed by atoms with Gasteiger partial charge in [-0.2, -0.15) is 0 Å². The van der Waals surface area contributed by atoms with Crippen molar-refractivity contribution in [3.63, 3.8) is 0 Å². The van der Waals surface area contributed by atoms with Gasteiger partial charge in [-0.1, -0.05) is 31.0 Å². The van der Waals surface area contributed by atoms with Crippen molar-refractivity contribution in [1.82, 2.24) is 9.97 Å². The third kappa shape index (κ3) is 7.81. The Morgan fingerprint density at radius 2 is 1.65 bits per heavy atom. The van der Waals surface area contributed by atoms with E-state index in [1.165, 1.54) is 16.7 Å². The minimum Gasteiger partial charge on any atom is -0.494 e. The van der Waals surface area contributed by atoms with Crippen LogP contribution in [0.1, 0.15) is 61.8 Å². The van der Waals surface area contributed by atoms with Gasteiger partial charge in [-0.25, -0.2) is 4.98 Å². The highest BCUT2D eigenvalue weighted by Gasteiger charge is 2.22. The van der Waals surface area contributed by atoms with Gasteiger partial charge in [0.1, 0.15) is 11.3 Å². The minimum atomic E-state index is -2.93. The van der Waals surface area contributed by atoms with Gasteiger partial charge in [0.2, 0.25) is 0 Å². The summed E-state index contributed by atoms with van der Waals surface area (Å²) in [5.41, 5.74) is 12.7. The molecule has 0 atom stereocenters. The summed E-state index contributed by atoms with van der Waals surface area (Å²) in [6, 6.07) is 14.8. The summed E-state index contributed by atoms with van der Waals surface area (Å²) in [7, 11) is -2.93. The molecule has 0 radical (unpaired) electrons. The number of nitrogen functional groups attached to an aromatic ring is 1. The average Bonchev–Trinajstić information content (AvgIpc) is 2.92. The lowest BCUT2D eigenvalue weighted by atomic mass is 9.99. The van der Waals surface area contributed by atoms with Crippen LogP contribution in [-0.2, 0) is 26.5 Å². The highest BCUT2D eigenvalue weighted by Crippen LogP contribution is 2.48. The summed E-state index contributed by atoms with van der Waals surface area (Å²) in [4.78, 5) is 9.21. The molecule has 0 aliphatic carbocycles. The van der Waals surface area contributed by atoms with Crippen LogP contribution in [0, 0.1) is 13.8 Å². The number of ether oxygens (including phenoxy) is 1. The fourth-order valence-corrected chi connectivity index (χ4v) is 6.76. The maximum Gasteiger partial charge on any atom is 0.330 e. The molecule has 4 rings (SSSR count). The Hall–Kier alpha value is -2.99. The van der Waals surface area contributed by atoms with Crippen LogP contribution in [0.4, 0.5) is 5.82 Å². The molecule has 0 unspecified atom stereocenters. The predicted octanol–water partition coefficient (Wildman–Crippen LogP) is 7.97. The Labute approximate surface area is 238 Å². The van der Waals surface area contributed by atoms with Crippen LogP contribution in [-0.4, -0.2) is 36.0 Å². The zero-order valence-corrected chi connectivity index (χ0v) is 25.1. The molecule has 0 aliphatic heterocycles. The fraction of sp³-hybridized carbons (Fsp3) is 0.438. The van der Waals surface area contributed by atoms with Crippen LogP contribution in [0.2, 0.25) is 0 Å². The van der Waals surface area contributed by atoms with Crippen LogP contribution in [0.25, 0.3) is 21.8 Å². The van der Waals surface area contributed by atoms with Crippen molar-refractivity contribution >= 4 is 35.2 Å². The van der Waals surface area contributed by atoms with Crippen LogP contribution in [0.3, 0.4) is 0 Å². The third-order valence-electron chi connectivity index (χ3n) is 7.11. The zero-order valence-electron chi connectivity index (χ0n) is 24.2. The normalized spacial score (nSPS) is 11.9. The molecule has 0 saturated heterocycles. The maximum atomic E-state index is 12.5. The van der Waals surface area contributed by atoms with E-state index < -0.39 is 7.60 Å². The van der Waals surface area contributed by atoms with Crippen molar-refractivity contribution in [1.29, 1.82) is 0 Å². The number of hydrogen-bond donors (Lipinski definition) is 1. The Kier molecular flexibility index (Phi) is 10.5. The first-order valence-electron chi connectivity index (χ1n) is 14.4. The molecule has 0 spiro atoms. The Morgan fingerprint density at radius 3 is 2.40 bits per heavy atom. The average molecular weight is 564 g/mol. The van der Waals surface area contributed by atoms with Gasteiger partial charge in [-0.15, -0.1) is 0 Å². The molecule has 214 valence electrons. The summed E-state index contributed by atoms with van der Waals surface area (Å²) in [5, 5.41) is 2.14. The van der Waals surface area contributed by atoms with Crippen LogP contribution < -0.4 is 10.5 Å². The van der Waals surface area contributed by atoms with Crippen LogP contribution in [0.15, 0.2) is 48.7 Å². The highest BCUT2D eigenvalue weighted by molar-refractivity contribution is 7.53. The van der Waals surface area contributed by atoms with E-state index in [0.717, 1.165) is 71.6 Å². The highest BCUT2D eigenvalue weighted by atomic mass is 31.2. The summed E-state index contributed by atoms with van der Waals surface area (Å²) in [6.45, 7) is 9.38. The fourth-order valence-electron chi connectivity index (χ4n) is 5.03. The molecule has 2 N–H and O–H groups in total. The molecule has 0 bridgehead atoms. The van der Waals surface area contributed by atoms with Crippen LogP contribution in [0.5, 0.6) is 5.75 Å². The van der Waals surface area contributed by atoms with Crippen molar-refractivity contribution < 1.29 is 18.3 Å². The molecule has 7 nitrogen and oxygen atoms in total. The quantitative estimate of drug-likeness (QED) is 0.0890. The van der Waals surface area contributed by atoms with Crippen molar-refractivity contribution in [2.45, 2.75) is 66.2 Å². The number of unbranched alkanes of at least 4 members (excludes halogenated alkanes) is 3. The number of aromatic nitrogens is 2. The molecular formula is C32H42N3O4P. The van der Waals surface area contributed by atoms with Gasteiger partial charge >= 0.3 is 7.60 Å². The Morgan fingerprint density at radius 1 is 0.875 bits per heavy atom. The van der Waals surface area contributed by atoms with E-state index in [0.29, 0.717) is 31.8 Å². The lowest BCUT2D eigenvalue weighted by Gasteiger charge is -2.16. The zero-order chi connectivity index (χ0) is 28.5. The molecule has 2 aromatic heterocycles. The summed E-state index contributed by atoms with van der Waals surface area (Å²) >= 11 is 0. The SMILES string of the molecule is CCOP(=O)(CCCCCCOc1ccc(CCc2cnc3c(N)nc4cc(C)ccc4c3c2)c(C)c1)OCC. The number of hydrogen-bond acceptors (Lipinski definition) is 7. The van der Waals surface area contributed by atoms with E-state index in [4.69, 9.17) is 19.5 Å². The Balaban J connectivity index is 1.26. The van der Waals surface area contributed by atoms with E-state index in [2.05, 4.69) is 66.3 Å². The molecule has 0 fully saturated rings. The molecule has 2 aromatic carbocycles. The summed E-state index contributed by atoms with van der Waals surface area (Å²) in [5.74, 6) is 1.37. The second kappa shape index (κ2) is 14.1. The van der Waals surface area contributed by atoms with E-state index in [1.54, 1.807) is 0 Å². The van der Waals surface area contributed by atoms with E-state index in [1.807, 2.05) is 20.0 Å². The molecule has 40 heavy (non-hydrogen) atoms. The van der Waals surface area contributed by atoms with Gasteiger partial charge in [0.15, 0.2) is 5.82 Å². The van der Waals surface area contributed by atoms with Gasteiger partial charge in [0.25, 0.3) is 0 Å². The van der Waals surface area contributed by atoms with E-state index in [9.17, 15) is 4.57 Å². The van der Waals surface area contributed by atoms with E-state index >= 15 is 0 Å². The van der Waals surface area contributed by atoms with Gasteiger partial charge in [-0.05, 0) is 99.9 Å².